The van der Waals surface area contributed by atoms with Gasteiger partial charge in [-0.25, -0.2) is 0 Å². The Labute approximate surface area is 74.1 Å². The fourth-order valence-electron chi connectivity index (χ4n) is 0.861. The molecular weight excluding hydrogens is 207 g/mol. The van der Waals surface area contributed by atoms with Crippen molar-refractivity contribution in [1.82, 2.24) is 0 Å². The van der Waals surface area contributed by atoms with Crippen LogP contribution >= 0.6 is 15.9 Å². The van der Waals surface area contributed by atoms with Gasteiger partial charge in [0.15, 0.2) is 0 Å². The van der Waals surface area contributed by atoms with E-state index < -0.39 is 7.12 Å². The second kappa shape index (κ2) is 3.39. The molecule has 0 saturated carbocycles. The van der Waals surface area contributed by atoms with Crippen molar-refractivity contribution < 1.29 is 10.0 Å². The predicted octanol–water partition coefficient (Wildman–Crippen LogP) is 0.437. The van der Waals surface area contributed by atoms with E-state index in [0.717, 1.165) is 10.0 Å². The highest BCUT2D eigenvalue weighted by Gasteiger charge is 2.13. The summed E-state index contributed by atoms with van der Waals surface area (Å²) in [6.45, 7) is 1.90. The van der Waals surface area contributed by atoms with Gasteiger partial charge in [0, 0.05) is 4.47 Å². The van der Waals surface area contributed by atoms with Crippen molar-refractivity contribution in [2.24, 2.45) is 0 Å². The van der Waals surface area contributed by atoms with Crippen LogP contribution in [0.4, 0.5) is 0 Å². The molecule has 1 aromatic carbocycles. The lowest BCUT2D eigenvalue weighted by atomic mass is 9.80. The fraction of sp³-hybridized carbons (Fsp3) is 0.143. The van der Waals surface area contributed by atoms with Gasteiger partial charge in [-0.3, -0.25) is 0 Å². The van der Waals surface area contributed by atoms with Crippen molar-refractivity contribution >= 4 is 28.5 Å². The summed E-state index contributed by atoms with van der Waals surface area (Å²) < 4.78 is 0.720. The topological polar surface area (TPSA) is 40.5 Å². The van der Waals surface area contributed by atoms with Crippen molar-refractivity contribution in [2.45, 2.75) is 6.92 Å². The standard InChI is InChI=1S/C7H8BBrO2/c1-5-2-3-7(9)6(4-5)8(10)11/h2-4,10-11H,1H3. The fourth-order valence-corrected chi connectivity index (χ4v) is 1.31. The number of rotatable bonds is 1. The summed E-state index contributed by atoms with van der Waals surface area (Å²) in [6, 6.07) is 5.43. The van der Waals surface area contributed by atoms with E-state index in [1.54, 1.807) is 12.1 Å². The Morgan fingerprint density at radius 3 is 2.45 bits per heavy atom. The van der Waals surface area contributed by atoms with Crippen LogP contribution in [-0.2, 0) is 0 Å². The molecule has 0 spiro atoms. The molecule has 0 saturated heterocycles. The van der Waals surface area contributed by atoms with E-state index in [1.165, 1.54) is 0 Å². The first-order valence-corrected chi connectivity index (χ1v) is 4.03. The smallest absolute Gasteiger partial charge is 0.423 e. The summed E-state index contributed by atoms with van der Waals surface area (Å²) in [5, 5.41) is 17.7. The van der Waals surface area contributed by atoms with E-state index in [1.807, 2.05) is 13.0 Å². The van der Waals surface area contributed by atoms with Crippen LogP contribution in [0.2, 0.25) is 0 Å². The Bertz CT molecular complexity index is 263. The molecule has 0 bridgehead atoms. The number of hydrogen-bond donors (Lipinski definition) is 2. The van der Waals surface area contributed by atoms with Crippen molar-refractivity contribution in [2.75, 3.05) is 0 Å². The van der Waals surface area contributed by atoms with E-state index >= 15 is 0 Å². The quantitative estimate of drug-likeness (QED) is 0.667. The van der Waals surface area contributed by atoms with Gasteiger partial charge in [0.25, 0.3) is 0 Å². The minimum atomic E-state index is -1.40. The molecule has 0 radical (unpaired) electrons. The van der Waals surface area contributed by atoms with E-state index in [9.17, 15) is 0 Å². The molecule has 11 heavy (non-hydrogen) atoms. The molecule has 2 nitrogen and oxygen atoms in total. The van der Waals surface area contributed by atoms with Gasteiger partial charge in [0.2, 0.25) is 0 Å². The van der Waals surface area contributed by atoms with Gasteiger partial charge in [0.05, 0.1) is 0 Å². The number of hydrogen-bond acceptors (Lipinski definition) is 2. The molecular formula is C7H8BBrO2. The van der Waals surface area contributed by atoms with Gasteiger partial charge in [0.1, 0.15) is 0 Å². The van der Waals surface area contributed by atoms with Gasteiger partial charge < -0.3 is 10.0 Å². The van der Waals surface area contributed by atoms with E-state index in [-0.39, 0.29) is 0 Å². The molecule has 0 aliphatic rings. The first-order valence-electron chi connectivity index (χ1n) is 3.23. The first-order chi connectivity index (χ1) is 5.11. The number of benzene rings is 1. The summed E-state index contributed by atoms with van der Waals surface area (Å²) in [6.07, 6.45) is 0. The second-order valence-electron chi connectivity index (χ2n) is 2.40. The molecule has 0 aliphatic carbocycles. The van der Waals surface area contributed by atoms with Gasteiger partial charge in [-0.1, -0.05) is 33.6 Å². The predicted molar refractivity (Wildman–Crippen MR) is 48.7 cm³/mol. The number of halogens is 1. The van der Waals surface area contributed by atoms with Crippen molar-refractivity contribution in [3.05, 3.63) is 28.2 Å². The molecule has 4 heteroatoms. The minimum absolute atomic E-state index is 0.505. The van der Waals surface area contributed by atoms with Crippen LogP contribution in [-0.4, -0.2) is 17.2 Å². The Morgan fingerprint density at radius 1 is 1.36 bits per heavy atom. The maximum Gasteiger partial charge on any atom is 0.489 e. The summed E-state index contributed by atoms with van der Waals surface area (Å²) in [5.41, 5.74) is 1.52. The highest BCUT2D eigenvalue weighted by Crippen LogP contribution is 2.07. The maximum absolute atomic E-state index is 8.85. The largest absolute Gasteiger partial charge is 0.489 e. The zero-order valence-electron chi connectivity index (χ0n) is 6.08. The van der Waals surface area contributed by atoms with Gasteiger partial charge in [-0.2, -0.15) is 0 Å². The van der Waals surface area contributed by atoms with Crippen molar-refractivity contribution in [3.8, 4) is 0 Å². The average molecular weight is 215 g/mol. The van der Waals surface area contributed by atoms with E-state index in [0.29, 0.717) is 5.46 Å². The summed E-state index contributed by atoms with van der Waals surface area (Å²) in [5.74, 6) is 0. The zero-order chi connectivity index (χ0) is 8.43. The second-order valence-corrected chi connectivity index (χ2v) is 3.25. The molecule has 0 fully saturated rings. The average Bonchev–Trinajstić information content (AvgIpc) is 1.94. The Balaban J connectivity index is 3.13. The monoisotopic (exact) mass is 214 g/mol. The molecule has 58 valence electrons. The van der Waals surface area contributed by atoms with Crippen LogP contribution in [0.1, 0.15) is 5.56 Å². The number of aryl methyl sites for hydroxylation is 1. The lowest BCUT2D eigenvalue weighted by molar-refractivity contribution is 0.425. The highest BCUT2D eigenvalue weighted by atomic mass is 79.9. The van der Waals surface area contributed by atoms with E-state index in [4.69, 9.17) is 10.0 Å². The third kappa shape index (κ3) is 2.05. The lowest BCUT2D eigenvalue weighted by Crippen LogP contribution is -2.31. The highest BCUT2D eigenvalue weighted by molar-refractivity contribution is 9.10. The summed E-state index contributed by atoms with van der Waals surface area (Å²) in [7, 11) is -1.40. The maximum atomic E-state index is 8.85. The normalized spacial score (nSPS) is 9.82. The van der Waals surface area contributed by atoms with Crippen LogP contribution in [0, 0.1) is 6.92 Å². The van der Waals surface area contributed by atoms with Gasteiger partial charge >= 0.3 is 7.12 Å². The molecule has 1 aromatic rings. The minimum Gasteiger partial charge on any atom is -0.423 e. The van der Waals surface area contributed by atoms with Crippen molar-refractivity contribution in [3.63, 3.8) is 0 Å². The summed E-state index contributed by atoms with van der Waals surface area (Å²) in [4.78, 5) is 0. The van der Waals surface area contributed by atoms with Crippen LogP contribution in [0.3, 0.4) is 0 Å². The molecule has 0 heterocycles. The molecule has 0 amide bonds. The Morgan fingerprint density at radius 2 is 2.00 bits per heavy atom. The SMILES string of the molecule is Cc1ccc(Br)c(B(O)O)c1. The van der Waals surface area contributed by atoms with E-state index in [2.05, 4.69) is 15.9 Å². The molecule has 2 N–H and O–H groups in total. The summed E-state index contributed by atoms with van der Waals surface area (Å²) >= 11 is 3.21. The Hall–Kier alpha value is -0.315. The molecule has 0 aromatic heterocycles. The van der Waals surface area contributed by atoms with Gasteiger partial charge in [-0.15, -0.1) is 0 Å². The van der Waals surface area contributed by atoms with Crippen LogP contribution < -0.4 is 5.46 Å². The third-order valence-electron chi connectivity index (χ3n) is 1.43. The third-order valence-corrected chi connectivity index (χ3v) is 2.15. The molecule has 1 rings (SSSR count). The van der Waals surface area contributed by atoms with Crippen LogP contribution in [0.15, 0.2) is 22.7 Å². The van der Waals surface area contributed by atoms with Crippen LogP contribution in [0.5, 0.6) is 0 Å². The first kappa shape index (κ1) is 8.78. The molecule has 0 aliphatic heterocycles. The molecule has 0 unspecified atom stereocenters. The Kier molecular flexibility index (Phi) is 2.70. The van der Waals surface area contributed by atoms with Gasteiger partial charge in [-0.05, 0) is 18.5 Å². The zero-order valence-corrected chi connectivity index (χ0v) is 7.67. The van der Waals surface area contributed by atoms with Crippen molar-refractivity contribution in [1.29, 1.82) is 0 Å². The lowest BCUT2D eigenvalue weighted by Gasteiger charge is -2.02. The molecule has 0 atom stereocenters. The van der Waals surface area contributed by atoms with Crippen LogP contribution in [0.25, 0.3) is 0 Å².